The molecule has 1 aromatic rings. The number of ether oxygens (including phenoxy) is 1. The molecule has 1 aliphatic heterocycles. The Kier molecular flexibility index (Phi) is 6.46. The van der Waals surface area contributed by atoms with Gasteiger partial charge in [0.25, 0.3) is 0 Å². The minimum atomic E-state index is 0.635. The number of pyridine rings is 1. The fourth-order valence-electron chi connectivity index (χ4n) is 2.96. The predicted octanol–water partition coefficient (Wildman–Crippen LogP) is 2.75. The van der Waals surface area contributed by atoms with Crippen LogP contribution in [-0.4, -0.2) is 38.3 Å². The molecule has 1 saturated heterocycles. The van der Waals surface area contributed by atoms with Gasteiger partial charge in [-0.25, -0.2) is 4.98 Å². The largest absolute Gasteiger partial charge is 0.381 e. The van der Waals surface area contributed by atoms with Gasteiger partial charge in [-0.1, -0.05) is 6.92 Å². The van der Waals surface area contributed by atoms with Crippen LogP contribution in [-0.2, 0) is 11.3 Å². The average molecular weight is 291 g/mol. The van der Waals surface area contributed by atoms with Crippen LogP contribution in [0.1, 0.15) is 37.3 Å². The Morgan fingerprint density at radius 3 is 3.00 bits per heavy atom. The van der Waals surface area contributed by atoms with E-state index >= 15 is 0 Å². The maximum Gasteiger partial charge on any atom is 0.131 e. The van der Waals surface area contributed by atoms with E-state index in [1.807, 2.05) is 6.20 Å². The van der Waals surface area contributed by atoms with Crippen molar-refractivity contribution in [2.75, 3.05) is 38.3 Å². The van der Waals surface area contributed by atoms with Crippen LogP contribution in [0.4, 0.5) is 5.82 Å². The lowest BCUT2D eigenvalue weighted by molar-refractivity contribution is 0.0576. The van der Waals surface area contributed by atoms with Gasteiger partial charge in [-0.05, 0) is 55.8 Å². The quantitative estimate of drug-likeness (QED) is 0.784. The molecule has 1 unspecified atom stereocenters. The molecule has 0 aromatic carbocycles. The van der Waals surface area contributed by atoms with E-state index in [1.54, 1.807) is 0 Å². The van der Waals surface area contributed by atoms with Crippen molar-refractivity contribution in [2.24, 2.45) is 5.92 Å². The summed E-state index contributed by atoms with van der Waals surface area (Å²) in [6.07, 6.45) is 5.62. The maximum atomic E-state index is 5.57. The molecule has 0 amide bonds. The van der Waals surface area contributed by atoms with E-state index in [0.717, 1.165) is 45.1 Å². The van der Waals surface area contributed by atoms with Gasteiger partial charge < -0.3 is 15.0 Å². The summed E-state index contributed by atoms with van der Waals surface area (Å²) < 4.78 is 5.57. The molecular formula is C17H29N3O. The zero-order valence-corrected chi connectivity index (χ0v) is 13.7. The van der Waals surface area contributed by atoms with Crippen LogP contribution < -0.4 is 10.2 Å². The number of nitrogens with zero attached hydrogens (tertiary/aromatic N) is 2. The van der Waals surface area contributed by atoms with Gasteiger partial charge in [0.05, 0.1) is 6.61 Å². The van der Waals surface area contributed by atoms with Crippen molar-refractivity contribution in [3.8, 4) is 0 Å². The molecule has 1 aromatic heterocycles. The average Bonchev–Trinajstić information content (AvgIpc) is 2.48. The van der Waals surface area contributed by atoms with Crippen molar-refractivity contribution < 1.29 is 4.74 Å². The van der Waals surface area contributed by atoms with Crippen LogP contribution in [0.25, 0.3) is 0 Å². The third-order valence-corrected chi connectivity index (χ3v) is 4.01. The smallest absolute Gasteiger partial charge is 0.131 e. The summed E-state index contributed by atoms with van der Waals surface area (Å²) in [5.74, 6) is 1.73. The van der Waals surface area contributed by atoms with Gasteiger partial charge in [-0.2, -0.15) is 0 Å². The van der Waals surface area contributed by atoms with Crippen LogP contribution in [0.2, 0.25) is 0 Å². The molecule has 1 aliphatic rings. The predicted molar refractivity (Wildman–Crippen MR) is 87.8 cm³/mol. The Morgan fingerprint density at radius 1 is 1.48 bits per heavy atom. The number of anilines is 1. The van der Waals surface area contributed by atoms with E-state index in [9.17, 15) is 0 Å². The fraction of sp³-hybridized carbons (Fsp3) is 0.706. The van der Waals surface area contributed by atoms with E-state index in [-0.39, 0.29) is 0 Å². The van der Waals surface area contributed by atoms with Crippen molar-refractivity contribution in [1.29, 1.82) is 0 Å². The molecule has 118 valence electrons. The second-order valence-corrected chi connectivity index (χ2v) is 6.12. The van der Waals surface area contributed by atoms with E-state index in [4.69, 9.17) is 4.74 Å². The Bertz CT molecular complexity index is 430. The molecule has 4 nitrogen and oxygen atoms in total. The second-order valence-electron chi connectivity index (χ2n) is 6.12. The first-order valence-corrected chi connectivity index (χ1v) is 8.15. The number of rotatable bonds is 7. The minimum absolute atomic E-state index is 0.635. The third-order valence-electron chi connectivity index (χ3n) is 4.01. The molecule has 1 fully saturated rings. The van der Waals surface area contributed by atoms with Crippen molar-refractivity contribution in [1.82, 2.24) is 10.3 Å². The molecule has 0 aliphatic carbocycles. The molecule has 0 radical (unpaired) electrons. The first kappa shape index (κ1) is 16.2. The van der Waals surface area contributed by atoms with Gasteiger partial charge in [-0.15, -0.1) is 0 Å². The zero-order valence-electron chi connectivity index (χ0n) is 13.7. The molecule has 0 saturated carbocycles. The lowest BCUT2D eigenvalue weighted by atomic mass is 10.0. The first-order chi connectivity index (χ1) is 10.2. The monoisotopic (exact) mass is 291 g/mol. The van der Waals surface area contributed by atoms with Crippen LogP contribution in [0.3, 0.4) is 0 Å². The second kappa shape index (κ2) is 8.35. The Balaban J connectivity index is 1.92. The number of aryl methyl sites for hydroxylation is 1. The number of nitrogens with one attached hydrogen (secondary N) is 1. The summed E-state index contributed by atoms with van der Waals surface area (Å²) in [5, 5.41) is 3.42. The van der Waals surface area contributed by atoms with Crippen LogP contribution in [0.15, 0.2) is 12.3 Å². The summed E-state index contributed by atoms with van der Waals surface area (Å²) in [7, 11) is 2.14. The standard InChI is InChI=1S/C17H29N3O/c1-4-7-18-10-16-9-14(2)17(19-11-16)20(3)12-15-6-5-8-21-13-15/h9,11,15,18H,4-8,10,12-13H2,1-3H3. The number of aromatic nitrogens is 1. The molecule has 2 rings (SSSR count). The Hall–Kier alpha value is -1.13. The van der Waals surface area contributed by atoms with Crippen LogP contribution >= 0.6 is 0 Å². The van der Waals surface area contributed by atoms with Crippen LogP contribution in [0, 0.1) is 12.8 Å². The van der Waals surface area contributed by atoms with Crippen LogP contribution in [0.5, 0.6) is 0 Å². The SMILES string of the molecule is CCCNCc1cnc(N(C)CC2CCCOC2)c(C)c1. The van der Waals surface area contributed by atoms with Crippen molar-refractivity contribution in [2.45, 2.75) is 39.7 Å². The maximum absolute atomic E-state index is 5.57. The normalized spacial score (nSPS) is 18.7. The Morgan fingerprint density at radius 2 is 2.33 bits per heavy atom. The Labute approximate surface area is 128 Å². The molecule has 0 bridgehead atoms. The highest BCUT2D eigenvalue weighted by atomic mass is 16.5. The molecule has 4 heteroatoms. The van der Waals surface area contributed by atoms with Gasteiger partial charge in [0, 0.05) is 32.9 Å². The van der Waals surface area contributed by atoms with Gasteiger partial charge in [0.1, 0.15) is 5.82 Å². The van der Waals surface area contributed by atoms with E-state index in [0.29, 0.717) is 5.92 Å². The van der Waals surface area contributed by atoms with E-state index in [2.05, 4.69) is 42.2 Å². The van der Waals surface area contributed by atoms with Crippen molar-refractivity contribution >= 4 is 5.82 Å². The minimum Gasteiger partial charge on any atom is -0.381 e. The summed E-state index contributed by atoms with van der Waals surface area (Å²) in [4.78, 5) is 6.94. The van der Waals surface area contributed by atoms with Gasteiger partial charge in [0.2, 0.25) is 0 Å². The molecule has 0 spiro atoms. The number of hydrogen-bond acceptors (Lipinski definition) is 4. The molecule has 2 heterocycles. The highest BCUT2D eigenvalue weighted by molar-refractivity contribution is 5.46. The number of hydrogen-bond donors (Lipinski definition) is 1. The molecule has 1 N–H and O–H groups in total. The lowest BCUT2D eigenvalue weighted by Crippen LogP contribution is -2.31. The highest BCUT2D eigenvalue weighted by Gasteiger charge is 2.17. The van der Waals surface area contributed by atoms with Crippen molar-refractivity contribution in [3.63, 3.8) is 0 Å². The molecular weight excluding hydrogens is 262 g/mol. The summed E-state index contributed by atoms with van der Waals surface area (Å²) >= 11 is 0. The highest BCUT2D eigenvalue weighted by Crippen LogP contribution is 2.21. The molecule has 21 heavy (non-hydrogen) atoms. The first-order valence-electron chi connectivity index (χ1n) is 8.15. The summed E-state index contributed by atoms with van der Waals surface area (Å²) in [5.41, 5.74) is 2.52. The lowest BCUT2D eigenvalue weighted by Gasteiger charge is -2.28. The summed E-state index contributed by atoms with van der Waals surface area (Å²) in [6, 6.07) is 2.25. The third kappa shape index (κ3) is 4.97. The van der Waals surface area contributed by atoms with E-state index in [1.165, 1.54) is 24.0 Å². The fourth-order valence-corrected chi connectivity index (χ4v) is 2.96. The summed E-state index contributed by atoms with van der Waals surface area (Å²) in [6.45, 7) is 9.15. The van der Waals surface area contributed by atoms with Gasteiger partial charge in [-0.3, -0.25) is 0 Å². The van der Waals surface area contributed by atoms with Gasteiger partial charge in [0.15, 0.2) is 0 Å². The zero-order chi connectivity index (χ0) is 15.1. The van der Waals surface area contributed by atoms with Gasteiger partial charge >= 0.3 is 0 Å². The van der Waals surface area contributed by atoms with E-state index < -0.39 is 0 Å². The molecule has 1 atom stereocenters. The topological polar surface area (TPSA) is 37.4 Å². The van der Waals surface area contributed by atoms with Crippen molar-refractivity contribution in [3.05, 3.63) is 23.4 Å².